The van der Waals surface area contributed by atoms with Gasteiger partial charge in [-0.15, -0.1) is 0 Å². The van der Waals surface area contributed by atoms with Crippen molar-refractivity contribution >= 4 is 12.0 Å². The van der Waals surface area contributed by atoms with Crippen molar-refractivity contribution in [2.45, 2.75) is 25.5 Å². The van der Waals surface area contributed by atoms with E-state index in [1.807, 2.05) is 18.2 Å². The molecule has 0 aliphatic heterocycles. The predicted octanol–water partition coefficient (Wildman–Crippen LogP) is 1.22. The second-order valence-electron chi connectivity index (χ2n) is 4.58. The topological polar surface area (TPSA) is 89.9 Å². The number of carbonyl (C=O) groups is 2. The van der Waals surface area contributed by atoms with Crippen LogP contribution < -0.4 is 5.32 Å². The van der Waals surface area contributed by atoms with Gasteiger partial charge in [0.25, 0.3) is 0 Å². The van der Waals surface area contributed by atoms with Gasteiger partial charge in [-0.3, -0.25) is 4.79 Å². The quantitative estimate of drug-likeness (QED) is 0.731. The highest BCUT2D eigenvalue weighted by molar-refractivity contribution is 5.77. The molecule has 0 spiro atoms. The van der Waals surface area contributed by atoms with Gasteiger partial charge in [0.05, 0.1) is 12.1 Å². The zero-order valence-corrected chi connectivity index (χ0v) is 11.6. The lowest BCUT2D eigenvalue weighted by Gasteiger charge is -2.29. The fourth-order valence-electron chi connectivity index (χ4n) is 1.82. The smallest absolute Gasteiger partial charge is 0.404 e. The van der Waals surface area contributed by atoms with E-state index in [2.05, 4.69) is 5.32 Å². The molecule has 0 bridgehead atoms. The Labute approximate surface area is 118 Å². The molecule has 110 valence electrons. The molecule has 0 aromatic heterocycles. The Morgan fingerprint density at radius 3 is 2.45 bits per heavy atom. The summed E-state index contributed by atoms with van der Waals surface area (Å²) in [6, 6.07) is 8.70. The number of nitrogens with zero attached hydrogens (tertiary/aromatic N) is 1. The van der Waals surface area contributed by atoms with Crippen molar-refractivity contribution < 1.29 is 19.8 Å². The number of hydrogen-bond acceptors (Lipinski definition) is 3. The number of likely N-dealkylation sites (N-methyl/N-ethyl adjacent to an activating group) is 1. The minimum atomic E-state index is -1.15. The lowest BCUT2D eigenvalue weighted by atomic mass is 10.0. The number of amides is 2. The first-order valence-electron chi connectivity index (χ1n) is 6.39. The molecular formula is C14H20N2O4. The number of aliphatic hydroxyl groups is 1. The molecule has 0 fully saturated rings. The van der Waals surface area contributed by atoms with Crippen LogP contribution in [-0.2, 0) is 4.79 Å². The van der Waals surface area contributed by atoms with Crippen molar-refractivity contribution in [2.24, 2.45) is 0 Å². The summed E-state index contributed by atoms with van der Waals surface area (Å²) in [6.45, 7) is 1.81. The largest absolute Gasteiger partial charge is 0.465 e. The molecule has 2 atom stereocenters. The number of nitrogens with one attached hydrogen (secondary N) is 1. The standard InChI is InChI=1S/C14H20N2O4/c1-10(13(18)11-6-4-3-5-7-11)16(2)12(17)8-9-15-14(19)20/h3-7,10,13,15,18H,8-9H2,1-2H3,(H,19,20)/t10-,13+/m1/s1. The number of rotatable bonds is 6. The Bertz CT molecular complexity index is 450. The maximum atomic E-state index is 11.9. The Kier molecular flexibility index (Phi) is 5.99. The van der Waals surface area contributed by atoms with Crippen LogP contribution in [-0.4, -0.2) is 46.7 Å². The molecule has 1 aromatic rings. The SMILES string of the molecule is C[C@H]([C@H](O)c1ccccc1)N(C)C(=O)CCNC(=O)O. The summed E-state index contributed by atoms with van der Waals surface area (Å²) < 4.78 is 0. The summed E-state index contributed by atoms with van der Waals surface area (Å²) in [4.78, 5) is 23.6. The van der Waals surface area contributed by atoms with Gasteiger partial charge in [0.1, 0.15) is 0 Å². The van der Waals surface area contributed by atoms with Gasteiger partial charge in [0, 0.05) is 20.0 Å². The van der Waals surface area contributed by atoms with Crippen molar-refractivity contribution in [2.75, 3.05) is 13.6 Å². The highest BCUT2D eigenvalue weighted by Gasteiger charge is 2.23. The summed E-state index contributed by atoms with van der Waals surface area (Å²) in [7, 11) is 1.60. The highest BCUT2D eigenvalue weighted by atomic mass is 16.4. The zero-order chi connectivity index (χ0) is 15.1. The van der Waals surface area contributed by atoms with Gasteiger partial charge in [-0.1, -0.05) is 30.3 Å². The number of benzene rings is 1. The van der Waals surface area contributed by atoms with Crippen LogP contribution in [0, 0.1) is 0 Å². The second kappa shape index (κ2) is 7.49. The van der Waals surface area contributed by atoms with Crippen LogP contribution in [0.5, 0.6) is 0 Å². The van der Waals surface area contributed by atoms with Crippen molar-refractivity contribution in [1.29, 1.82) is 0 Å². The molecular weight excluding hydrogens is 260 g/mol. The van der Waals surface area contributed by atoms with Gasteiger partial charge in [0.2, 0.25) is 5.91 Å². The van der Waals surface area contributed by atoms with Crippen LogP contribution in [0.3, 0.4) is 0 Å². The third-order valence-corrected chi connectivity index (χ3v) is 3.22. The van der Waals surface area contributed by atoms with Crippen molar-refractivity contribution in [1.82, 2.24) is 10.2 Å². The first-order valence-corrected chi connectivity index (χ1v) is 6.39. The third kappa shape index (κ3) is 4.55. The zero-order valence-electron chi connectivity index (χ0n) is 11.6. The molecule has 0 heterocycles. The average molecular weight is 280 g/mol. The van der Waals surface area contributed by atoms with Crippen LogP contribution in [0.4, 0.5) is 4.79 Å². The Morgan fingerprint density at radius 1 is 1.30 bits per heavy atom. The number of carboxylic acid groups (broad SMARTS) is 1. The summed E-state index contributed by atoms with van der Waals surface area (Å²) >= 11 is 0. The van der Waals surface area contributed by atoms with Crippen LogP contribution in [0.25, 0.3) is 0 Å². The molecule has 6 heteroatoms. The van der Waals surface area contributed by atoms with Crippen molar-refractivity contribution in [3.63, 3.8) is 0 Å². The van der Waals surface area contributed by atoms with E-state index < -0.39 is 18.2 Å². The van der Waals surface area contributed by atoms with Crippen LogP contribution in [0.1, 0.15) is 25.0 Å². The molecule has 3 N–H and O–H groups in total. The van der Waals surface area contributed by atoms with E-state index >= 15 is 0 Å². The van der Waals surface area contributed by atoms with E-state index in [9.17, 15) is 14.7 Å². The fraction of sp³-hybridized carbons (Fsp3) is 0.429. The molecule has 0 aliphatic rings. The normalized spacial score (nSPS) is 13.3. The first kappa shape index (κ1) is 16.0. The summed E-state index contributed by atoms with van der Waals surface area (Å²) in [5.41, 5.74) is 0.739. The van der Waals surface area contributed by atoms with E-state index in [0.29, 0.717) is 0 Å². The Morgan fingerprint density at radius 2 is 1.90 bits per heavy atom. The highest BCUT2D eigenvalue weighted by Crippen LogP contribution is 2.20. The van der Waals surface area contributed by atoms with Gasteiger partial charge in [-0.2, -0.15) is 0 Å². The fourth-order valence-corrected chi connectivity index (χ4v) is 1.82. The van der Waals surface area contributed by atoms with Gasteiger partial charge < -0.3 is 20.4 Å². The van der Waals surface area contributed by atoms with E-state index in [1.165, 1.54) is 4.90 Å². The number of hydrogen-bond donors (Lipinski definition) is 3. The molecule has 0 unspecified atom stereocenters. The third-order valence-electron chi connectivity index (χ3n) is 3.22. The van der Waals surface area contributed by atoms with Gasteiger partial charge in [-0.25, -0.2) is 4.79 Å². The van der Waals surface area contributed by atoms with Crippen molar-refractivity contribution in [3.05, 3.63) is 35.9 Å². The van der Waals surface area contributed by atoms with Gasteiger partial charge >= 0.3 is 6.09 Å². The van der Waals surface area contributed by atoms with E-state index in [-0.39, 0.29) is 18.9 Å². The molecule has 2 amide bonds. The van der Waals surface area contributed by atoms with E-state index in [1.54, 1.807) is 26.1 Å². The summed E-state index contributed by atoms with van der Waals surface area (Å²) in [5.74, 6) is -0.221. The Hall–Kier alpha value is -2.08. The van der Waals surface area contributed by atoms with Crippen LogP contribution in [0.15, 0.2) is 30.3 Å². The number of aliphatic hydroxyl groups excluding tert-OH is 1. The molecule has 6 nitrogen and oxygen atoms in total. The molecule has 0 aliphatic carbocycles. The molecule has 0 radical (unpaired) electrons. The van der Waals surface area contributed by atoms with E-state index in [0.717, 1.165) is 5.56 Å². The number of carbonyl (C=O) groups excluding carboxylic acids is 1. The van der Waals surface area contributed by atoms with Crippen molar-refractivity contribution in [3.8, 4) is 0 Å². The second-order valence-corrected chi connectivity index (χ2v) is 4.58. The lowest BCUT2D eigenvalue weighted by molar-refractivity contribution is -0.133. The minimum absolute atomic E-state index is 0.0622. The minimum Gasteiger partial charge on any atom is -0.465 e. The molecule has 20 heavy (non-hydrogen) atoms. The molecule has 1 rings (SSSR count). The summed E-state index contributed by atoms with van der Waals surface area (Å²) in [6.07, 6.45) is -1.87. The van der Waals surface area contributed by atoms with Crippen LogP contribution >= 0.6 is 0 Å². The van der Waals surface area contributed by atoms with Gasteiger partial charge in [0.15, 0.2) is 0 Å². The molecule has 0 saturated carbocycles. The Balaban J connectivity index is 2.55. The van der Waals surface area contributed by atoms with E-state index in [4.69, 9.17) is 5.11 Å². The molecule has 0 saturated heterocycles. The molecule has 1 aromatic carbocycles. The predicted molar refractivity (Wildman–Crippen MR) is 74.3 cm³/mol. The maximum Gasteiger partial charge on any atom is 0.404 e. The maximum absolute atomic E-state index is 11.9. The average Bonchev–Trinajstić information content (AvgIpc) is 2.45. The lowest BCUT2D eigenvalue weighted by Crippen LogP contribution is -2.40. The van der Waals surface area contributed by atoms with Gasteiger partial charge in [-0.05, 0) is 12.5 Å². The first-order chi connectivity index (χ1) is 9.43. The summed E-state index contributed by atoms with van der Waals surface area (Å²) in [5, 5.41) is 20.8. The monoisotopic (exact) mass is 280 g/mol. The van der Waals surface area contributed by atoms with Crippen LogP contribution in [0.2, 0.25) is 0 Å².